The third-order valence-corrected chi connectivity index (χ3v) is 3.99. The maximum atomic E-state index is 13.0. The van der Waals surface area contributed by atoms with Crippen LogP contribution in [0.15, 0.2) is 36.9 Å². The number of aromatic nitrogens is 4. The van der Waals surface area contributed by atoms with Crippen LogP contribution in [0, 0.1) is 6.92 Å². The topological polar surface area (TPSA) is 99.4 Å². The summed E-state index contributed by atoms with van der Waals surface area (Å²) in [6.45, 7) is 12.2. The lowest BCUT2D eigenvalue weighted by Crippen LogP contribution is -2.44. The fourth-order valence-electron chi connectivity index (χ4n) is 2.74. The van der Waals surface area contributed by atoms with Crippen LogP contribution in [0.4, 0.5) is 15.4 Å². The van der Waals surface area contributed by atoms with Gasteiger partial charge < -0.3 is 9.47 Å². The number of fused-ring (bicyclic) bond motifs is 1. The van der Waals surface area contributed by atoms with E-state index in [4.69, 9.17) is 9.47 Å². The van der Waals surface area contributed by atoms with Crippen molar-refractivity contribution in [2.45, 2.75) is 59.7 Å². The zero-order valence-corrected chi connectivity index (χ0v) is 18.8. The normalized spacial score (nSPS) is 12.0. The third-order valence-electron chi connectivity index (χ3n) is 3.99. The standard InChI is InChI=1S/C22H27N5O4/c1-14-8-10-15(11-9-14)26-13-25-16-17(26)23-12-24-18(16)27(19(28)30-21(2,3)4)20(29)31-22(5,6)7/h8-13H,1-7H3. The van der Waals surface area contributed by atoms with Crippen LogP contribution in [0.1, 0.15) is 47.1 Å². The first-order valence-electron chi connectivity index (χ1n) is 9.87. The third kappa shape index (κ3) is 5.17. The van der Waals surface area contributed by atoms with E-state index in [1.807, 2.05) is 31.2 Å². The van der Waals surface area contributed by atoms with Crippen molar-refractivity contribution < 1.29 is 19.1 Å². The monoisotopic (exact) mass is 425 g/mol. The van der Waals surface area contributed by atoms with Crippen molar-refractivity contribution in [1.82, 2.24) is 19.5 Å². The van der Waals surface area contributed by atoms with Crippen molar-refractivity contribution in [3.05, 3.63) is 42.5 Å². The number of rotatable bonds is 2. The van der Waals surface area contributed by atoms with Crippen molar-refractivity contribution in [2.24, 2.45) is 0 Å². The highest BCUT2D eigenvalue weighted by Crippen LogP contribution is 2.27. The molecule has 0 aliphatic heterocycles. The molecule has 3 rings (SSSR count). The lowest BCUT2D eigenvalue weighted by Gasteiger charge is -2.28. The Morgan fingerprint density at radius 1 is 0.871 bits per heavy atom. The molecule has 0 atom stereocenters. The zero-order valence-electron chi connectivity index (χ0n) is 18.8. The van der Waals surface area contributed by atoms with Gasteiger partial charge in [-0.1, -0.05) is 17.7 Å². The molecular formula is C22H27N5O4. The largest absolute Gasteiger partial charge is 0.443 e. The molecule has 0 saturated carbocycles. The first-order valence-corrected chi connectivity index (χ1v) is 9.87. The van der Waals surface area contributed by atoms with Crippen LogP contribution in [0.5, 0.6) is 0 Å². The quantitative estimate of drug-likeness (QED) is 0.581. The van der Waals surface area contributed by atoms with E-state index in [1.165, 1.54) is 6.33 Å². The van der Waals surface area contributed by atoms with E-state index >= 15 is 0 Å². The Morgan fingerprint density at radius 2 is 1.42 bits per heavy atom. The summed E-state index contributed by atoms with van der Waals surface area (Å²) < 4.78 is 12.6. The molecule has 9 heteroatoms. The molecule has 0 bridgehead atoms. The number of anilines is 1. The first kappa shape index (κ1) is 22.2. The summed E-state index contributed by atoms with van der Waals surface area (Å²) in [7, 11) is 0. The van der Waals surface area contributed by atoms with Crippen molar-refractivity contribution in [3.8, 4) is 5.69 Å². The van der Waals surface area contributed by atoms with Gasteiger partial charge in [0.05, 0.1) is 0 Å². The maximum absolute atomic E-state index is 13.0. The van der Waals surface area contributed by atoms with Crippen molar-refractivity contribution in [1.29, 1.82) is 0 Å². The van der Waals surface area contributed by atoms with Crippen molar-refractivity contribution in [2.75, 3.05) is 4.90 Å². The summed E-state index contributed by atoms with van der Waals surface area (Å²) in [5.74, 6) is -0.0145. The van der Waals surface area contributed by atoms with Gasteiger partial charge in [-0.15, -0.1) is 0 Å². The number of ether oxygens (including phenoxy) is 2. The number of amides is 2. The minimum atomic E-state index is -0.911. The molecule has 0 fully saturated rings. The SMILES string of the molecule is Cc1ccc(-n2cnc3c(N(C(=O)OC(C)(C)C)C(=O)OC(C)(C)C)ncnc32)cc1. The van der Waals surface area contributed by atoms with Gasteiger partial charge in [-0.05, 0) is 60.6 Å². The Hall–Kier alpha value is -3.49. The van der Waals surface area contributed by atoms with E-state index in [0.717, 1.165) is 16.2 Å². The van der Waals surface area contributed by atoms with Crippen LogP contribution in [0.2, 0.25) is 0 Å². The Balaban J connectivity index is 2.12. The smallest absolute Gasteiger partial charge is 0.425 e. The number of hydrogen-bond donors (Lipinski definition) is 0. The predicted molar refractivity (Wildman–Crippen MR) is 116 cm³/mol. The van der Waals surface area contributed by atoms with E-state index in [0.29, 0.717) is 5.65 Å². The second kappa shape index (κ2) is 7.98. The Bertz CT molecular complexity index is 1080. The minimum Gasteiger partial charge on any atom is -0.443 e. The van der Waals surface area contributed by atoms with Crippen molar-refractivity contribution in [3.63, 3.8) is 0 Å². The molecule has 0 aliphatic carbocycles. The number of hydrogen-bond acceptors (Lipinski definition) is 7. The van der Waals surface area contributed by atoms with Gasteiger partial charge in [0.15, 0.2) is 17.0 Å². The average molecular weight is 425 g/mol. The number of carbonyl (C=O) groups excluding carboxylic acids is 2. The Kier molecular flexibility index (Phi) is 5.71. The van der Waals surface area contributed by atoms with Gasteiger partial charge in [0.25, 0.3) is 0 Å². The summed E-state index contributed by atoms with van der Waals surface area (Å²) in [6, 6.07) is 7.80. The summed E-state index contributed by atoms with van der Waals surface area (Å²) in [5, 5.41) is 0. The van der Waals surface area contributed by atoms with Gasteiger partial charge in [0, 0.05) is 5.69 Å². The van der Waals surface area contributed by atoms with Crippen LogP contribution in [0.25, 0.3) is 16.9 Å². The highest BCUT2D eigenvalue weighted by atomic mass is 16.6. The van der Waals surface area contributed by atoms with Gasteiger partial charge in [-0.3, -0.25) is 4.57 Å². The van der Waals surface area contributed by atoms with Crippen LogP contribution < -0.4 is 4.90 Å². The average Bonchev–Trinajstić information content (AvgIpc) is 3.04. The lowest BCUT2D eigenvalue weighted by atomic mass is 10.2. The summed E-state index contributed by atoms with van der Waals surface area (Å²) in [4.78, 5) is 39.5. The summed E-state index contributed by atoms with van der Waals surface area (Å²) in [6.07, 6.45) is 1.01. The van der Waals surface area contributed by atoms with E-state index in [-0.39, 0.29) is 11.3 Å². The molecule has 2 heterocycles. The van der Waals surface area contributed by atoms with Gasteiger partial charge >= 0.3 is 12.2 Å². The van der Waals surface area contributed by atoms with Crippen LogP contribution in [0.3, 0.4) is 0 Å². The van der Waals surface area contributed by atoms with Crippen molar-refractivity contribution >= 4 is 29.2 Å². The van der Waals surface area contributed by atoms with E-state index < -0.39 is 23.4 Å². The van der Waals surface area contributed by atoms with Gasteiger partial charge in [0.1, 0.15) is 23.9 Å². The lowest BCUT2D eigenvalue weighted by molar-refractivity contribution is 0.0429. The molecule has 0 aliphatic rings. The van der Waals surface area contributed by atoms with Gasteiger partial charge in [-0.25, -0.2) is 24.5 Å². The highest BCUT2D eigenvalue weighted by Gasteiger charge is 2.35. The summed E-state index contributed by atoms with van der Waals surface area (Å²) in [5.41, 5.74) is 0.990. The van der Waals surface area contributed by atoms with Gasteiger partial charge in [0.2, 0.25) is 0 Å². The van der Waals surface area contributed by atoms with E-state index in [1.54, 1.807) is 52.4 Å². The minimum absolute atomic E-state index is 0.0145. The molecule has 0 radical (unpaired) electrons. The molecule has 0 unspecified atom stereocenters. The Labute approximate surface area is 181 Å². The molecule has 0 saturated heterocycles. The molecule has 0 N–H and O–H groups in total. The molecule has 164 valence electrons. The molecule has 2 amide bonds. The molecule has 31 heavy (non-hydrogen) atoms. The van der Waals surface area contributed by atoms with E-state index in [2.05, 4.69) is 15.0 Å². The molecule has 9 nitrogen and oxygen atoms in total. The number of aryl methyl sites for hydroxylation is 1. The zero-order chi connectivity index (χ0) is 23.0. The molecule has 0 spiro atoms. The number of nitrogens with zero attached hydrogens (tertiary/aromatic N) is 5. The van der Waals surface area contributed by atoms with E-state index in [9.17, 15) is 9.59 Å². The molecular weight excluding hydrogens is 398 g/mol. The fraction of sp³-hybridized carbons (Fsp3) is 0.409. The number of imidazole rings is 1. The highest BCUT2D eigenvalue weighted by molar-refractivity contribution is 6.12. The Morgan fingerprint density at radius 3 is 1.94 bits per heavy atom. The first-order chi connectivity index (χ1) is 14.4. The van der Waals surface area contributed by atoms with Crippen LogP contribution in [-0.4, -0.2) is 42.9 Å². The number of carbonyl (C=O) groups is 2. The molecule has 2 aromatic heterocycles. The number of imide groups is 1. The second-order valence-electron chi connectivity index (χ2n) is 9.12. The van der Waals surface area contributed by atoms with Crippen LogP contribution in [-0.2, 0) is 9.47 Å². The predicted octanol–water partition coefficient (Wildman–Crippen LogP) is 4.80. The fourth-order valence-corrected chi connectivity index (χ4v) is 2.74. The maximum Gasteiger partial charge on any atom is 0.425 e. The van der Waals surface area contributed by atoms with Crippen LogP contribution >= 0.6 is 0 Å². The van der Waals surface area contributed by atoms with Gasteiger partial charge in [-0.2, -0.15) is 4.90 Å². The molecule has 3 aromatic rings. The number of benzene rings is 1. The second-order valence-corrected chi connectivity index (χ2v) is 9.12. The summed E-state index contributed by atoms with van der Waals surface area (Å²) >= 11 is 0. The molecule has 1 aromatic carbocycles.